The SMILES string of the molecule is C[C@H]1CC(=O)Nc2ccccc2N1C(=O)CSc1nnc(C2CC2)n1Cc1ccccc1. The van der Waals surface area contributed by atoms with Gasteiger partial charge in [-0.25, -0.2) is 0 Å². The third-order valence-corrected chi connectivity index (χ3v) is 6.78. The molecule has 8 heteroatoms. The molecule has 1 aliphatic heterocycles. The third kappa shape index (κ3) is 4.27. The second-order valence-electron chi connectivity index (χ2n) is 8.36. The molecule has 2 amide bonds. The van der Waals surface area contributed by atoms with Gasteiger partial charge in [0.1, 0.15) is 5.82 Å². The maximum absolute atomic E-state index is 13.3. The Bertz CT molecular complexity index is 1140. The standard InChI is InChI=1S/C24H25N5O2S/c1-16-13-21(30)25-19-9-5-6-10-20(19)29(16)22(31)15-32-24-27-26-23(18-11-12-18)28(24)14-17-7-3-2-4-8-17/h2-10,16,18H,11-15H2,1H3,(H,25,30)/t16-/m0/s1. The Morgan fingerprint density at radius 2 is 1.84 bits per heavy atom. The van der Waals surface area contributed by atoms with Gasteiger partial charge in [-0.05, 0) is 37.5 Å². The predicted molar refractivity (Wildman–Crippen MR) is 125 cm³/mol. The Morgan fingerprint density at radius 1 is 1.09 bits per heavy atom. The first-order valence-electron chi connectivity index (χ1n) is 10.9. The summed E-state index contributed by atoms with van der Waals surface area (Å²) in [5, 5.41) is 12.5. The van der Waals surface area contributed by atoms with Crippen molar-refractivity contribution in [1.82, 2.24) is 14.8 Å². The maximum atomic E-state index is 13.3. The highest BCUT2D eigenvalue weighted by atomic mass is 32.2. The number of rotatable bonds is 6. The Labute approximate surface area is 191 Å². The van der Waals surface area contributed by atoms with Gasteiger partial charge in [0, 0.05) is 18.4 Å². The maximum Gasteiger partial charge on any atom is 0.237 e. The third-order valence-electron chi connectivity index (χ3n) is 5.82. The van der Waals surface area contributed by atoms with Crippen LogP contribution in [0.15, 0.2) is 59.8 Å². The summed E-state index contributed by atoms with van der Waals surface area (Å²) >= 11 is 1.41. The largest absolute Gasteiger partial charge is 0.324 e. The van der Waals surface area contributed by atoms with Crippen molar-refractivity contribution in [3.8, 4) is 0 Å². The number of carbonyl (C=O) groups is 2. The molecule has 0 unspecified atom stereocenters. The van der Waals surface area contributed by atoms with E-state index in [1.54, 1.807) is 4.90 Å². The highest BCUT2D eigenvalue weighted by Crippen LogP contribution is 2.40. The highest BCUT2D eigenvalue weighted by Gasteiger charge is 2.32. The molecule has 1 aliphatic carbocycles. The average molecular weight is 448 g/mol. The zero-order chi connectivity index (χ0) is 22.1. The second-order valence-corrected chi connectivity index (χ2v) is 9.30. The van der Waals surface area contributed by atoms with E-state index in [9.17, 15) is 9.59 Å². The molecule has 0 bridgehead atoms. The van der Waals surface area contributed by atoms with Gasteiger partial charge in [0.15, 0.2) is 5.16 Å². The Hall–Kier alpha value is -3.13. The van der Waals surface area contributed by atoms with Crippen molar-refractivity contribution < 1.29 is 9.59 Å². The monoisotopic (exact) mass is 447 g/mol. The normalized spacial score (nSPS) is 18.1. The molecule has 1 atom stereocenters. The Morgan fingerprint density at radius 3 is 2.62 bits per heavy atom. The van der Waals surface area contributed by atoms with Crippen molar-refractivity contribution >= 4 is 35.0 Å². The molecular weight excluding hydrogens is 422 g/mol. The van der Waals surface area contributed by atoms with Gasteiger partial charge in [0.2, 0.25) is 11.8 Å². The molecule has 164 valence electrons. The highest BCUT2D eigenvalue weighted by molar-refractivity contribution is 7.99. The lowest BCUT2D eigenvalue weighted by Crippen LogP contribution is -2.40. The van der Waals surface area contributed by atoms with Crippen LogP contribution in [0.3, 0.4) is 0 Å². The first-order chi connectivity index (χ1) is 15.6. The number of thioether (sulfide) groups is 1. The van der Waals surface area contributed by atoms with Gasteiger partial charge in [0.05, 0.1) is 23.7 Å². The lowest BCUT2D eigenvalue weighted by molar-refractivity contribution is -0.117. The summed E-state index contributed by atoms with van der Waals surface area (Å²) in [5.41, 5.74) is 2.59. The number of anilines is 2. The summed E-state index contributed by atoms with van der Waals surface area (Å²) in [6.45, 7) is 2.60. The molecule has 2 aliphatic rings. The molecule has 32 heavy (non-hydrogen) atoms. The van der Waals surface area contributed by atoms with Gasteiger partial charge >= 0.3 is 0 Å². The number of fused-ring (bicyclic) bond motifs is 1. The van der Waals surface area contributed by atoms with Crippen molar-refractivity contribution in [3.05, 3.63) is 66.0 Å². The van der Waals surface area contributed by atoms with E-state index in [2.05, 4.69) is 32.2 Å². The van der Waals surface area contributed by atoms with E-state index in [1.807, 2.05) is 49.4 Å². The van der Waals surface area contributed by atoms with Gasteiger partial charge < -0.3 is 14.8 Å². The summed E-state index contributed by atoms with van der Waals surface area (Å²) in [7, 11) is 0. The lowest BCUT2D eigenvalue weighted by atomic mass is 10.2. The predicted octanol–water partition coefficient (Wildman–Crippen LogP) is 4.06. The van der Waals surface area contributed by atoms with Crippen LogP contribution in [0.4, 0.5) is 11.4 Å². The van der Waals surface area contributed by atoms with E-state index in [0.717, 1.165) is 29.5 Å². The van der Waals surface area contributed by atoms with Crippen LogP contribution in [0.5, 0.6) is 0 Å². The van der Waals surface area contributed by atoms with E-state index in [1.165, 1.54) is 17.3 Å². The molecule has 1 N–H and O–H groups in total. The van der Waals surface area contributed by atoms with Gasteiger partial charge in [-0.15, -0.1) is 10.2 Å². The van der Waals surface area contributed by atoms with Crippen LogP contribution in [0.2, 0.25) is 0 Å². The van der Waals surface area contributed by atoms with E-state index in [-0.39, 0.29) is 30.0 Å². The van der Waals surface area contributed by atoms with Crippen LogP contribution < -0.4 is 10.2 Å². The summed E-state index contributed by atoms with van der Waals surface area (Å²) in [6.07, 6.45) is 2.54. The first kappa shape index (κ1) is 20.8. The lowest BCUT2D eigenvalue weighted by Gasteiger charge is -2.27. The van der Waals surface area contributed by atoms with Crippen molar-refractivity contribution in [1.29, 1.82) is 0 Å². The van der Waals surface area contributed by atoms with Crippen LogP contribution in [0.25, 0.3) is 0 Å². The zero-order valence-electron chi connectivity index (χ0n) is 17.9. The van der Waals surface area contributed by atoms with E-state index in [0.29, 0.717) is 18.2 Å². The molecule has 1 saturated carbocycles. The molecule has 0 spiro atoms. The fourth-order valence-electron chi connectivity index (χ4n) is 4.13. The minimum atomic E-state index is -0.226. The minimum absolute atomic E-state index is 0.0475. The topological polar surface area (TPSA) is 80.1 Å². The minimum Gasteiger partial charge on any atom is -0.324 e. The number of benzene rings is 2. The fourth-order valence-corrected chi connectivity index (χ4v) is 4.93. The molecule has 2 aromatic carbocycles. The van der Waals surface area contributed by atoms with Crippen molar-refractivity contribution in [2.24, 2.45) is 0 Å². The number of carbonyl (C=O) groups excluding carboxylic acids is 2. The number of nitrogens with zero attached hydrogens (tertiary/aromatic N) is 4. The summed E-state index contributed by atoms with van der Waals surface area (Å²) in [4.78, 5) is 27.3. The quantitative estimate of drug-likeness (QED) is 0.577. The number of hydrogen-bond donors (Lipinski definition) is 1. The second kappa shape index (κ2) is 8.78. The van der Waals surface area contributed by atoms with Gasteiger partial charge in [-0.3, -0.25) is 9.59 Å². The smallest absolute Gasteiger partial charge is 0.237 e. The number of hydrogen-bond acceptors (Lipinski definition) is 5. The molecule has 5 rings (SSSR count). The summed E-state index contributed by atoms with van der Waals surface area (Å²) < 4.78 is 2.15. The molecule has 2 heterocycles. The number of aromatic nitrogens is 3. The van der Waals surface area contributed by atoms with E-state index < -0.39 is 0 Å². The molecular formula is C24H25N5O2S. The van der Waals surface area contributed by atoms with E-state index in [4.69, 9.17) is 0 Å². The van der Waals surface area contributed by atoms with Crippen LogP contribution in [0.1, 0.15) is 43.5 Å². The van der Waals surface area contributed by atoms with Crippen molar-refractivity contribution in [3.63, 3.8) is 0 Å². The Kier molecular flexibility index (Phi) is 5.70. The fraction of sp³-hybridized carbons (Fsp3) is 0.333. The van der Waals surface area contributed by atoms with E-state index >= 15 is 0 Å². The van der Waals surface area contributed by atoms with Crippen LogP contribution in [-0.2, 0) is 16.1 Å². The molecule has 0 saturated heterocycles. The molecule has 7 nitrogen and oxygen atoms in total. The molecule has 0 radical (unpaired) electrons. The van der Waals surface area contributed by atoms with Gasteiger partial charge in [-0.1, -0.05) is 54.2 Å². The van der Waals surface area contributed by atoms with Crippen LogP contribution in [0, 0.1) is 0 Å². The molecule has 1 fully saturated rings. The zero-order valence-corrected chi connectivity index (χ0v) is 18.7. The number of para-hydroxylation sites is 2. The van der Waals surface area contributed by atoms with Gasteiger partial charge in [0.25, 0.3) is 0 Å². The average Bonchev–Trinajstić information content (AvgIpc) is 3.57. The number of nitrogens with one attached hydrogen (secondary N) is 1. The Balaban J connectivity index is 1.37. The molecule has 3 aromatic rings. The number of amides is 2. The van der Waals surface area contributed by atoms with Crippen molar-refractivity contribution in [2.75, 3.05) is 16.0 Å². The van der Waals surface area contributed by atoms with Crippen LogP contribution >= 0.6 is 11.8 Å². The summed E-state index contributed by atoms with van der Waals surface area (Å²) in [5.74, 6) is 1.57. The van der Waals surface area contributed by atoms with Gasteiger partial charge in [-0.2, -0.15) is 0 Å². The molecule has 1 aromatic heterocycles. The summed E-state index contributed by atoms with van der Waals surface area (Å²) in [6, 6.07) is 17.5. The first-order valence-corrected chi connectivity index (χ1v) is 11.9. The van der Waals surface area contributed by atoms with Crippen LogP contribution in [-0.4, -0.2) is 38.4 Å². The van der Waals surface area contributed by atoms with Crippen molar-refractivity contribution in [2.45, 2.75) is 49.8 Å².